The number of hydrogen-bond acceptors (Lipinski definition) is 3. The Hall–Kier alpha value is -0.410. The molecule has 0 bridgehead atoms. The lowest BCUT2D eigenvalue weighted by Crippen LogP contribution is -2.41. The number of aliphatic hydroxyl groups is 1. The van der Waals surface area contributed by atoms with Crippen LogP contribution in [0.25, 0.3) is 0 Å². The Balaban J connectivity index is 1.92. The molecule has 16 heavy (non-hydrogen) atoms. The fraction of sp³-hybridized carbons (Fsp3) is 0.923. The summed E-state index contributed by atoms with van der Waals surface area (Å²) in [7, 11) is 0. The topological polar surface area (TPSA) is 40.5 Å². The maximum atomic E-state index is 12.2. The molecule has 1 N–H and O–H groups in total. The standard InChI is InChI=1S/C13H23NO2/c1-13(2)6-3-4-10(12(13)16)8-14-7-5-11(15)9-14/h10-11,15H,3-9H2,1-2H3. The van der Waals surface area contributed by atoms with Gasteiger partial charge in [0, 0.05) is 31.0 Å². The molecular weight excluding hydrogens is 202 g/mol. The van der Waals surface area contributed by atoms with Crippen LogP contribution in [0.5, 0.6) is 0 Å². The minimum absolute atomic E-state index is 0.124. The Morgan fingerprint density at radius 2 is 2.19 bits per heavy atom. The molecule has 0 aromatic rings. The molecule has 0 radical (unpaired) electrons. The molecule has 2 aliphatic rings. The maximum Gasteiger partial charge on any atom is 0.142 e. The number of carbonyl (C=O) groups excluding carboxylic acids is 1. The summed E-state index contributed by atoms with van der Waals surface area (Å²) in [5, 5.41) is 9.47. The average Bonchev–Trinajstić information content (AvgIpc) is 2.59. The van der Waals surface area contributed by atoms with Crippen LogP contribution in [0.4, 0.5) is 0 Å². The summed E-state index contributed by atoms with van der Waals surface area (Å²) in [6.07, 6.45) is 3.93. The van der Waals surface area contributed by atoms with E-state index in [1.807, 2.05) is 0 Å². The molecule has 1 aliphatic heterocycles. The van der Waals surface area contributed by atoms with Gasteiger partial charge in [-0.15, -0.1) is 0 Å². The zero-order valence-electron chi connectivity index (χ0n) is 10.4. The van der Waals surface area contributed by atoms with Crippen molar-refractivity contribution in [2.45, 2.75) is 45.6 Å². The van der Waals surface area contributed by atoms with Gasteiger partial charge < -0.3 is 5.11 Å². The molecular formula is C13H23NO2. The van der Waals surface area contributed by atoms with Crippen molar-refractivity contribution in [3.05, 3.63) is 0 Å². The van der Waals surface area contributed by atoms with Gasteiger partial charge in [-0.2, -0.15) is 0 Å². The number of carbonyl (C=O) groups is 1. The summed E-state index contributed by atoms with van der Waals surface area (Å²) >= 11 is 0. The molecule has 2 atom stereocenters. The molecule has 1 aliphatic carbocycles. The summed E-state index contributed by atoms with van der Waals surface area (Å²) < 4.78 is 0. The second-order valence-electron chi connectivity index (χ2n) is 6.04. The quantitative estimate of drug-likeness (QED) is 0.773. The highest BCUT2D eigenvalue weighted by atomic mass is 16.3. The second kappa shape index (κ2) is 4.46. The molecule has 92 valence electrons. The molecule has 0 spiro atoms. The van der Waals surface area contributed by atoms with Crippen LogP contribution in [0.2, 0.25) is 0 Å². The molecule has 0 aromatic heterocycles. The van der Waals surface area contributed by atoms with Crippen LogP contribution in [0.1, 0.15) is 39.5 Å². The molecule has 1 saturated heterocycles. The van der Waals surface area contributed by atoms with Gasteiger partial charge in [-0.1, -0.05) is 20.3 Å². The molecule has 1 saturated carbocycles. The summed E-state index contributed by atoms with van der Waals surface area (Å²) in [5.74, 6) is 0.634. The first-order chi connectivity index (χ1) is 7.49. The van der Waals surface area contributed by atoms with E-state index in [1.165, 1.54) is 6.42 Å². The van der Waals surface area contributed by atoms with Crippen molar-refractivity contribution >= 4 is 5.78 Å². The van der Waals surface area contributed by atoms with E-state index in [1.54, 1.807) is 0 Å². The van der Waals surface area contributed by atoms with E-state index < -0.39 is 0 Å². The predicted molar refractivity (Wildman–Crippen MR) is 63.2 cm³/mol. The van der Waals surface area contributed by atoms with Gasteiger partial charge in [-0.25, -0.2) is 0 Å². The minimum Gasteiger partial charge on any atom is -0.392 e. The summed E-state index contributed by atoms with van der Waals surface area (Å²) in [5.41, 5.74) is -0.124. The predicted octanol–water partition coefficient (Wildman–Crippen LogP) is 1.45. The second-order valence-corrected chi connectivity index (χ2v) is 6.04. The molecule has 2 unspecified atom stereocenters. The molecule has 2 fully saturated rings. The summed E-state index contributed by atoms with van der Waals surface area (Å²) in [6.45, 7) is 6.70. The zero-order valence-corrected chi connectivity index (χ0v) is 10.4. The van der Waals surface area contributed by atoms with Crippen molar-refractivity contribution in [2.75, 3.05) is 19.6 Å². The third-order valence-corrected chi connectivity index (χ3v) is 4.12. The molecule has 2 rings (SSSR count). The van der Waals surface area contributed by atoms with Gasteiger partial charge in [-0.3, -0.25) is 9.69 Å². The first-order valence-electron chi connectivity index (χ1n) is 6.44. The number of hydrogen-bond donors (Lipinski definition) is 1. The first kappa shape index (κ1) is 12.1. The molecule has 3 heteroatoms. The normalized spacial score (nSPS) is 35.6. The van der Waals surface area contributed by atoms with Crippen molar-refractivity contribution in [1.82, 2.24) is 4.90 Å². The van der Waals surface area contributed by atoms with E-state index in [4.69, 9.17) is 0 Å². The number of nitrogens with zero attached hydrogens (tertiary/aromatic N) is 1. The summed E-state index contributed by atoms with van der Waals surface area (Å²) in [4.78, 5) is 14.5. The molecule has 0 amide bonds. The third-order valence-electron chi connectivity index (χ3n) is 4.12. The van der Waals surface area contributed by atoms with Crippen molar-refractivity contribution in [1.29, 1.82) is 0 Å². The number of aliphatic hydroxyl groups excluding tert-OH is 1. The number of Topliss-reactive ketones (excluding diaryl/α,β-unsaturated/α-hetero) is 1. The van der Waals surface area contributed by atoms with E-state index in [0.717, 1.165) is 38.9 Å². The first-order valence-corrected chi connectivity index (χ1v) is 6.44. The Bertz CT molecular complexity index is 275. The smallest absolute Gasteiger partial charge is 0.142 e. The molecule has 3 nitrogen and oxygen atoms in total. The van der Waals surface area contributed by atoms with Crippen molar-refractivity contribution in [3.63, 3.8) is 0 Å². The van der Waals surface area contributed by atoms with E-state index >= 15 is 0 Å². The van der Waals surface area contributed by atoms with E-state index in [2.05, 4.69) is 18.7 Å². The number of ketones is 1. The highest BCUT2D eigenvalue weighted by Crippen LogP contribution is 2.35. The van der Waals surface area contributed by atoms with Crippen LogP contribution in [0.3, 0.4) is 0 Å². The fourth-order valence-corrected chi connectivity index (χ4v) is 3.06. The van der Waals surface area contributed by atoms with Crippen LogP contribution >= 0.6 is 0 Å². The van der Waals surface area contributed by atoms with Crippen LogP contribution in [-0.4, -0.2) is 41.5 Å². The van der Waals surface area contributed by atoms with Crippen molar-refractivity contribution in [2.24, 2.45) is 11.3 Å². The van der Waals surface area contributed by atoms with Crippen molar-refractivity contribution in [3.8, 4) is 0 Å². The van der Waals surface area contributed by atoms with E-state index in [-0.39, 0.29) is 17.4 Å². The Morgan fingerprint density at radius 1 is 1.44 bits per heavy atom. The summed E-state index contributed by atoms with van der Waals surface area (Å²) in [6, 6.07) is 0. The number of β-amino-alcohol motifs (C(OH)–C–C–N with tert-alkyl or cyclic N) is 1. The van der Waals surface area contributed by atoms with Crippen LogP contribution in [0, 0.1) is 11.3 Å². The van der Waals surface area contributed by atoms with Gasteiger partial charge in [0.15, 0.2) is 0 Å². The largest absolute Gasteiger partial charge is 0.392 e. The van der Waals surface area contributed by atoms with Gasteiger partial charge in [-0.05, 0) is 19.3 Å². The minimum atomic E-state index is -0.174. The van der Waals surface area contributed by atoms with Crippen LogP contribution in [-0.2, 0) is 4.79 Å². The Labute approximate surface area is 97.8 Å². The maximum absolute atomic E-state index is 12.2. The lowest BCUT2D eigenvalue weighted by Gasteiger charge is -2.35. The van der Waals surface area contributed by atoms with E-state index in [9.17, 15) is 9.90 Å². The van der Waals surface area contributed by atoms with Gasteiger partial charge in [0.1, 0.15) is 5.78 Å². The monoisotopic (exact) mass is 225 g/mol. The zero-order chi connectivity index (χ0) is 11.8. The van der Waals surface area contributed by atoms with Crippen LogP contribution < -0.4 is 0 Å². The van der Waals surface area contributed by atoms with Gasteiger partial charge in [0.25, 0.3) is 0 Å². The average molecular weight is 225 g/mol. The van der Waals surface area contributed by atoms with Gasteiger partial charge in [0.05, 0.1) is 6.10 Å². The highest BCUT2D eigenvalue weighted by Gasteiger charge is 2.38. The molecule has 1 heterocycles. The number of rotatable bonds is 2. The van der Waals surface area contributed by atoms with Crippen molar-refractivity contribution < 1.29 is 9.90 Å². The van der Waals surface area contributed by atoms with Gasteiger partial charge in [0.2, 0.25) is 0 Å². The lowest BCUT2D eigenvalue weighted by atomic mass is 9.71. The number of likely N-dealkylation sites (tertiary alicyclic amines) is 1. The third kappa shape index (κ3) is 2.46. The lowest BCUT2D eigenvalue weighted by molar-refractivity contribution is -0.134. The highest BCUT2D eigenvalue weighted by molar-refractivity contribution is 5.87. The van der Waals surface area contributed by atoms with Crippen LogP contribution in [0.15, 0.2) is 0 Å². The SMILES string of the molecule is CC1(C)CCCC(CN2CCC(O)C2)C1=O. The Morgan fingerprint density at radius 3 is 2.81 bits per heavy atom. The Kier molecular flexibility index (Phi) is 3.36. The fourth-order valence-electron chi connectivity index (χ4n) is 3.06. The molecule has 0 aromatic carbocycles. The van der Waals surface area contributed by atoms with Gasteiger partial charge >= 0.3 is 0 Å². The van der Waals surface area contributed by atoms with E-state index in [0.29, 0.717) is 5.78 Å².